The van der Waals surface area contributed by atoms with E-state index in [4.69, 9.17) is 16.3 Å². The second-order valence-electron chi connectivity index (χ2n) is 5.42. The number of benzene rings is 2. The smallest absolute Gasteiger partial charge is 0.327 e. The molecule has 1 fully saturated rings. The van der Waals surface area contributed by atoms with Gasteiger partial charge in [-0.05, 0) is 48.9 Å². The minimum Gasteiger partial charge on any atom is -0.497 e. The van der Waals surface area contributed by atoms with E-state index in [1.807, 2.05) is 24.3 Å². The second kappa shape index (κ2) is 7.36. The van der Waals surface area contributed by atoms with E-state index in [0.717, 1.165) is 30.1 Å². The molecular weight excluding hydrogens is 326 g/mol. The van der Waals surface area contributed by atoms with Gasteiger partial charge in [-0.15, -0.1) is 0 Å². The summed E-state index contributed by atoms with van der Waals surface area (Å²) in [6, 6.07) is 14.3. The van der Waals surface area contributed by atoms with E-state index >= 15 is 0 Å². The number of aliphatic imine (C=N–C) groups is 1. The summed E-state index contributed by atoms with van der Waals surface area (Å²) in [6.07, 6.45) is 1.67. The molecule has 0 saturated carbocycles. The Hall–Kier alpha value is -2.53. The number of hydrogen-bond acceptors (Lipinski definition) is 3. The largest absolute Gasteiger partial charge is 0.497 e. The molecule has 1 heterocycles. The van der Waals surface area contributed by atoms with Crippen LogP contribution in [0.5, 0.6) is 5.75 Å². The highest BCUT2D eigenvalue weighted by atomic mass is 35.5. The van der Waals surface area contributed by atoms with E-state index in [2.05, 4.69) is 10.3 Å². The molecule has 1 aliphatic rings. The molecule has 0 bridgehead atoms. The van der Waals surface area contributed by atoms with Crippen molar-refractivity contribution in [2.24, 2.45) is 4.99 Å². The Labute approximate surface area is 145 Å². The molecule has 2 aromatic rings. The van der Waals surface area contributed by atoms with E-state index in [0.29, 0.717) is 17.3 Å². The summed E-state index contributed by atoms with van der Waals surface area (Å²) in [7, 11) is 1.62. The summed E-state index contributed by atoms with van der Waals surface area (Å²) in [5.74, 6) is 1.54. The van der Waals surface area contributed by atoms with Gasteiger partial charge in [0.15, 0.2) is 0 Å². The van der Waals surface area contributed by atoms with Gasteiger partial charge in [-0.2, -0.15) is 0 Å². The number of nitrogens with zero attached hydrogens (tertiary/aromatic N) is 2. The molecule has 2 amide bonds. The molecule has 124 valence electrons. The quantitative estimate of drug-likeness (QED) is 0.877. The SMILES string of the molecule is COc1ccc(N=C2CCCN2C(=O)Nc2cccc(Cl)c2)cc1. The number of carbonyl (C=O) groups is 1. The van der Waals surface area contributed by atoms with Crippen LogP contribution in [-0.4, -0.2) is 30.4 Å². The number of anilines is 1. The van der Waals surface area contributed by atoms with Gasteiger partial charge in [0.2, 0.25) is 0 Å². The van der Waals surface area contributed by atoms with Crippen LogP contribution >= 0.6 is 11.6 Å². The number of hydrogen-bond donors (Lipinski definition) is 1. The maximum atomic E-state index is 12.5. The number of halogens is 1. The van der Waals surface area contributed by atoms with Crippen molar-refractivity contribution in [1.29, 1.82) is 0 Å². The third-order valence-corrected chi connectivity index (χ3v) is 3.98. The molecule has 0 spiro atoms. The monoisotopic (exact) mass is 343 g/mol. The van der Waals surface area contributed by atoms with Gasteiger partial charge in [-0.1, -0.05) is 17.7 Å². The first-order chi connectivity index (χ1) is 11.7. The van der Waals surface area contributed by atoms with Crippen LogP contribution in [0.15, 0.2) is 53.5 Å². The van der Waals surface area contributed by atoms with Gasteiger partial charge in [-0.25, -0.2) is 9.79 Å². The van der Waals surface area contributed by atoms with Crippen molar-refractivity contribution in [3.05, 3.63) is 53.6 Å². The third kappa shape index (κ3) is 3.86. The van der Waals surface area contributed by atoms with E-state index < -0.39 is 0 Å². The molecule has 0 unspecified atom stereocenters. The Kier molecular flexibility index (Phi) is 5.01. The summed E-state index contributed by atoms with van der Waals surface area (Å²) in [4.78, 5) is 18.8. The summed E-state index contributed by atoms with van der Waals surface area (Å²) in [5, 5.41) is 3.44. The van der Waals surface area contributed by atoms with Crippen molar-refractivity contribution in [2.45, 2.75) is 12.8 Å². The zero-order chi connectivity index (χ0) is 16.9. The average molecular weight is 344 g/mol. The van der Waals surface area contributed by atoms with Crippen LogP contribution in [0, 0.1) is 0 Å². The zero-order valence-electron chi connectivity index (χ0n) is 13.3. The van der Waals surface area contributed by atoms with Crippen LogP contribution < -0.4 is 10.1 Å². The average Bonchev–Trinajstić information content (AvgIpc) is 3.04. The summed E-state index contributed by atoms with van der Waals surface area (Å²) < 4.78 is 5.14. The minimum atomic E-state index is -0.193. The molecule has 24 heavy (non-hydrogen) atoms. The fourth-order valence-electron chi connectivity index (χ4n) is 2.56. The van der Waals surface area contributed by atoms with E-state index in [-0.39, 0.29) is 6.03 Å². The third-order valence-electron chi connectivity index (χ3n) is 3.75. The summed E-state index contributed by atoms with van der Waals surface area (Å²) in [5.41, 5.74) is 1.47. The normalized spacial score (nSPS) is 15.6. The Morgan fingerprint density at radius 1 is 1.25 bits per heavy atom. The van der Waals surface area contributed by atoms with Crippen LogP contribution in [0.25, 0.3) is 0 Å². The van der Waals surface area contributed by atoms with Gasteiger partial charge >= 0.3 is 6.03 Å². The molecule has 0 atom stereocenters. The lowest BCUT2D eigenvalue weighted by atomic mass is 10.3. The first kappa shape index (κ1) is 16.3. The van der Waals surface area contributed by atoms with Gasteiger partial charge in [0, 0.05) is 23.7 Å². The summed E-state index contributed by atoms with van der Waals surface area (Å²) >= 11 is 5.95. The first-order valence-corrected chi connectivity index (χ1v) is 8.09. The van der Waals surface area contributed by atoms with Crippen molar-refractivity contribution in [2.75, 3.05) is 19.0 Å². The Morgan fingerprint density at radius 2 is 2.04 bits per heavy atom. The molecule has 6 heteroatoms. The van der Waals surface area contributed by atoms with Crippen molar-refractivity contribution >= 4 is 34.8 Å². The highest BCUT2D eigenvalue weighted by Gasteiger charge is 2.25. The molecule has 2 aromatic carbocycles. The van der Waals surface area contributed by atoms with Crippen molar-refractivity contribution in [3.63, 3.8) is 0 Å². The van der Waals surface area contributed by atoms with Gasteiger partial charge in [0.25, 0.3) is 0 Å². The molecular formula is C18H18ClN3O2. The van der Waals surface area contributed by atoms with Gasteiger partial charge in [0.05, 0.1) is 12.8 Å². The highest BCUT2D eigenvalue weighted by Crippen LogP contribution is 2.22. The lowest BCUT2D eigenvalue weighted by Crippen LogP contribution is -2.35. The first-order valence-electron chi connectivity index (χ1n) is 7.71. The number of amidine groups is 1. The number of nitrogens with one attached hydrogen (secondary N) is 1. The predicted molar refractivity (Wildman–Crippen MR) is 96.5 cm³/mol. The minimum absolute atomic E-state index is 0.193. The van der Waals surface area contributed by atoms with Crippen LogP contribution in [0.4, 0.5) is 16.2 Å². The maximum Gasteiger partial charge on any atom is 0.327 e. The van der Waals surface area contributed by atoms with Crippen molar-refractivity contribution in [3.8, 4) is 5.75 Å². The Morgan fingerprint density at radius 3 is 2.75 bits per heavy atom. The van der Waals surface area contributed by atoms with Gasteiger partial charge in [-0.3, -0.25) is 4.90 Å². The molecule has 0 radical (unpaired) electrons. The van der Waals surface area contributed by atoms with Gasteiger partial charge in [0.1, 0.15) is 11.6 Å². The van der Waals surface area contributed by atoms with Crippen LogP contribution in [0.1, 0.15) is 12.8 Å². The lowest BCUT2D eigenvalue weighted by Gasteiger charge is -2.18. The molecule has 1 N–H and O–H groups in total. The standard InChI is InChI=1S/C18H18ClN3O2/c1-24-16-9-7-14(8-10-16)20-17-6-3-11-22(17)18(23)21-15-5-2-4-13(19)12-15/h2,4-5,7-10,12H,3,6,11H2,1H3,(H,21,23). The van der Waals surface area contributed by atoms with Crippen molar-refractivity contribution in [1.82, 2.24) is 4.90 Å². The number of rotatable bonds is 3. The number of methoxy groups -OCH3 is 1. The number of amides is 2. The maximum absolute atomic E-state index is 12.5. The second-order valence-corrected chi connectivity index (χ2v) is 5.86. The van der Waals surface area contributed by atoms with Gasteiger partial charge < -0.3 is 10.1 Å². The molecule has 0 aromatic heterocycles. The molecule has 3 rings (SSSR count). The molecule has 5 nitrogen and oxygen atoms in total. The van der Waals surface area contributed by atoms with E-state index in [9.17, 15) is 4.79 Å². The zero-order valence-corrected chi connectivity index (χ0v) is 14.1. The number of ether oxygens (including phenoxy) is 1. The molecule has 1 aliphatic heterocycles. The van der Waals surface area contributed by atoms with Crippen LogP contribution in [0.2, 0.25) is 5.02 Å². The van der Waals surface area contributed by atoms with Crippen LogP contribution in [-0.2, 0) is 0 Å². The Balaban J connectivity index is 1.74. The summed E-state index contributed by atoms with van der Waals surface area (Å²) in [6.45, 7) is 0.654. The fraction of sp³-hybridized carbons (Fsp3) is 0.222. The fourth-order valence-corrected chi connectivity index (χ4v) is 2.75. The van der Waals surface area contributed by atoms with E-state index in [1.165, 1.54) is 0 Å². The predicted octanol–water partition coefficient (Wildman–Crippen LogP) is 4.71. The Bertz CT molecular complexity index is 759. The number of carbonyl (C=O) groups excluding carboxylic acids is 1. The molecule has 1 saturated heterocycles. The lowest BCUT2D eigenvalue weighted by molar-refractivity contribution is 0.236. The molecule has 0 aliphatic carbocycles. The number of likely N-dealkylation sites (tertiary alicyclic amines) is 1. The van der Waals surface area contributed by atoms with E-state index in [1.54, 1.807) is 36.3 Å². The highest BCUT2D eigenvalue weighted by molar-refractivity contribution is 6.30. The number of urea groups is 1. The topological polar surface area (TPSA) is 53.9 Å². The van der Waals surface area contributed by atoms with Crippen molar-refractivity contribution < 1.29 is 9.53 Å². The van der Waals surface area contributed by atoms with Crippen LogP contribution in [0.3, 0.4) is 0 Å².